The molecule has 0 fully saturated rings. The predicted molar refractivity (Wildman–Crippen MR) is 187 cm³/mol. The van der Waals surface area contributed by atoms with Gasteiger partial charge in [-0.15, -0.1) is 0 Å². The zero-order valence-electron chi connectivity index (χ0n) is 31.1. The molecule has 0 saturated heterocycles. The Balaban J connectivity index is 3.10. The zero-order valence-corrected chi connectivity index (χ0v) is 31.1. The minimum absolute atomic E-state index is 0.136. The molecule has 0 radical (unpaired) electrons. The van der Waals surface area contributed by atoms with Gasteiger partial charge >= 0.3 is 5.97 Å². The highest BCUT2D eigenvalue weighted by Gasteiger charge is 2.03. The topological polar surface area (TPSA) is 128 Å². The van der Waals surface area contributed by atoms with Crippen molar-refractivity contribution in [3.8, 4) is 0 Å². The third-order valence-corrected chi connectivity index (χ3v) is 6.90. The summed E-state index contributed by atoms with van der Waals surface area (Å²) in [6.07, 6.45) is 11.6. The van der Waals surface area contributed by atoms with E-state index in [4.69, 9.17) is 56.8 Å². The van der Waals surface area contributed by atoms with E-state index >= 15 is 0 Å². The Kier molecular flexibility index (Phi) is 44.2. The number of carbonyl (C=O) groups is 1. The predicted octanol–water partition coefficient (Wildman–Crippen LogP) is 4.65. The summed E-state index contributed by atoms with van der Waals surface area (Å²) in [6, 6.07) is 0. The molecule has 0 amide bonds. The van der Waals surface area contributed by atoms with Crippen molar-refractivity contribution in [1.29, 1.82) is 0 Å². The SMILES string of the molecule is CCCCCCCCCCCC(=O)OCCOCCOCCOCCOCCOCCOCCOCCOCCOCCOCCOCC. The number of ether oxygens (including phenoxy) is 12. The Labute approximate surface area is 297 Å². The Hall–Kier alpha value is -0.970. The third-order valence-electron chi connectivity index (χ3n) is 6.90. The molecule has 0 unspecified atom stereocenters. The van der Waals surface area contributed by atoms with E-state index in [0.717, 1.165) is 12.8 Å². The normalized spacial score (nSPS) is 11.5. The standard InChI is InChI=1S/C36H72O13/c1-3-5-6-7-8-9-10-11-12-13-36(37)49-35-34-48-33-32-47-31-30-46-29-28-45-27-26-44-25-24-43-23-22-42-21-20-41-19-18-40-17-16-39-15-14-38-4-2/h3-35H2,1-2H3. The molecule has 0 heterocycles. The number of carbonyl (C=O) groups excluding carboxylic acids is 1. The summed E-state index contributed by atoms with van der Waals surface area (Å²) in [5.41, 5.74) is 0. The second-order valence-corrected chi connectivity index (χ2v) is 11.1. The maximum atomic E-state index is 11.8. The van der Waals surface area contributed by atoms with Gasteiger partial charge in [-0.05, 0) is 13.3 Å². The molecule has 0 aliphatic heterocycles. The van der Waals surface area contributed by atoms with Crippen molar-refractivity contribution in [3.63, 3.8) is 0 Å². The molecule has 0 aromatic heterocycles. The summed E-state index contributed by atoms with van der Waals surface area (Å²) in [5, 5.41) is 0. The van der Waals surface area contributed by atoms with E-state index in [1.165, 1.54) is 44.9 Å². The molecule has 0 aromatic rings. The highest BCUT2D eigenvalue weighted by atomic mass is 16.6. The van der Waals surface area contributed by atoms with Crippen molar-refractivity contribution in [1.82, 2.24) is 0 Å². The summed E-state index contributed by atoms with van der Waals surface area (Å²) in [5.74, 6) is -0.136. The van der Waals surface area contributed by atoms with E-state index < -0.39 is 0 Å². The van der Waals surface area contributed by atoms with E-state index in [-0.39, 0.29) is 12.6 Å². The van der Waals surface area contributed by atoms with Gasteiger partial charge in [0.05, 0.1) is 139 Å². The maximum absolute atomic E-state index is 11.8. The molecule has 13 heteroatoms. The Bertz CT molecular complexity index is 615. The van der Waals surface area contributed by atoms with Crippen LogP contribution in [-0.4, -0.2) is 158 Å². The lowest BCUT2D eigenvalue weighted by Gasteiger charge is -2.09. The molecule has 0 aromatic carbocycles. The molecular formula is C36H72O13. The molecule has 0 bridgehead atoms. The van der Waals surface area contributed by atoms with Crippen LogP contribution < -0.4 is 0 Å². The van der Waals surface area contributed by atoms with Gasteiger partial charge in [-0.2, -0.15) is 0 Å². The summed E-state index contributed by atoms with van der Waals surface area (Å²) < 4.78 is 65.0. The molecule has 49 heavy (non-hydrogen) atoms. The van der Waals surface area contributed by atoms with Crippen molar-refractivity contribution in [2.75, 3.05) is 152 Å². The van der Waals surface area contributed by atoms with Crippen molar-refractivity contribution in [2.45, 2.75) is 78.1 Å². The van der Waals surface area contributed by atoms with E-state index in [2.05, 4.69) is 6.92 Å². The average molecular weight is 713 g/mol. The van der Waals surface area contributed by atoms with Crippen molar-refractivity contribution >= 4 is 5.97 Å². The fourth-order valence-corrected chi connectivity index (χ4v) is 4.21. The van der Waals surface area contributed by atoms with Crippen LogP contribution in [0.3, 0.4) is 0 Å². The summed E-state index contributed by atoms with van der Waals surface area (Å²) >= 11 is 0. The second kappa shape index (κ2) is 45.1. The lowest BCUT2D eigenvalue weighted by atomic mass is 10.1. The van der Waals surface area contributed by atoms with Gasteiger partial charge < -0.3 is 56.8 Å². The van der Waals surface area contributed by atoms with E-state index in [1.54, 1.807) is 0 Å². The summed E-state index contributed by atoms with van der Waals surface area (Å²) in [7, 11) is 0. The van der Waals surface area contributed by atoms with Crippen LogP contribution in [0, 0.1) is 0 Å². The van der Waals surface area contributed by atoms with Gasteiger partial charge in [0.25, 0.3) is 0 Å². The molecule has 0 rings (SSSR count). The van der Waals surface area contributed by atoms with Crippen LogP contribution in [0.25, 0.3) is 0 Å². The van der Waals surface area contributed by atoms with E-state index in [9.17, 15) is 4.79 Å². The van der Waals surface area contributed by atoms with Crippen LogP contribution >= 0.6 is 0 Å². The minimum atomic E-state index is -0.136. The second-order valence-electron chi connectivity index (χ2n) is 11.1. The van der Waals surface area contributed by atoms with E-state index in [0.29, 0.717) is 152 Å². The molecular weight excluding hydrogens is 640 g/mol. The largest absolute Gasteiger partial charge is 0.463 e. The van der Waals surface area contributed by atoms with Gasteiger partial charge in [0.2, 0.25) is 0 Å². The Morgan fingerprint density at radius 1 is 0.306 bits per heavy atom. The summed E-state index contributed by atoms with van der Waals surface area (Å²) in [4.78, 5) is 11.8. The zero-order chi connectivity index (χ0) is 35.4. The first kappa shape index (κ1) is 48.0. The number of unbranched alkanes of at least 4 members (excludes halogenated alkanes) is 8. The van der Waals surface area contributed by atoms with E-state index in [1.807, 2.05) is 6.92 Å². The molecule has 0 saturated carbocycles. The van der Waals surface area contributed by atoms with Gasteiger partial charge in [0, 0.05) is 13.0 Å². The Morgan fingerprint density at radius 2 is 0.551 bits per heavy atom. The van der Waals surface area contributed by atoms with Crippen LogP contribution in [0.4, 0.5) is 0 Å². The first-order valence-electron chi connectivity index (χ1n) is 18.8. The molecule has 0 atom stereocenters. The highest BCUT2D eigenvalue weighted by molar-refractivity contribution is 5.69. The number of esters is 1. The van der Waals surface area contributed by atoms with Crippen LogP contribution in [-0.2, 0) is 61.6 Å². The quantitative estimate of drug-likeness (QED) is 0.0643. The maximum Gasteiger partial charge on any atom is 0.305 e. The minimum Gasteiger partial charge on any atom is -0.463 e. The lowest BCUT2D eigenvalue weighted by Crippen LogP contribution is -2.15. The number of hydrogen-bond donors (Lipinski definition) is 0. The van der Waals surface area contributed by atoms with Gasteiger partial charge in [0.1, 0.15) is 6.61 Å². The number of rotatable bonds is 44. The van der Waals surface area contributed by atoms with Crippen LogP contribution in [0.5, 0.6) is 0 Å². The van der Waals surface area contributed by atoms with Crippen LogP contribution in [0.2, 0.25) is 0 Å². The average Bonchev–Trinajstić information content (AvgIpc) is 3.11. The van der Waals surface area contributed by atoms with Crippen molar-refractivity contribution < 1.29 is 61.6 Å². The Morgan fingerprint density at radius 3 is 0.837 bits per heavy atom. The molecule has 294 valence electrons. The van der Waals surface area contributed by atoms with Gasteiger partial charge in [-0.1, -0.05) is 58.3 Å². The van der Waals surface area contributed by atoms with Crippen LogP contribution in [0.15, 0.2) is 0 Å². The fourth-order valence-electron chi connectivity index (χ4n) is 4.21. The molecule has 0 N–H and O–H groups in total. The van der Waals surface area contributed by atoms with Gasteiger partial charge in [-0.25, -0.2) is 0 Å². The van der Waals surface area contributed by atoms with Crippen molar-refractivity contribution in [3.05, 3.63) is 0 Å². The first-order valence-corrected chi connectivity index (χ1v) is 18.8. The summed E-state index contributed by atoms with van der Waals surface area (Å²) in [6.45, 7) is 15.9. The lowest BCUT2D eigenvalue weighted by molar-refractivity contribution is -0.145. The van der Waals surface area contributed by atoms with Gasteiger partial charge in [0.15, 0.2) is 0 Å². The van der Waals surface area contributed by atoms with Gasteiger partial charge in [-0.3, -0.25) is 4.79 Å². The van der Waals surface area contributed by atoms with Crippen LogP contribution in [0.1, 0.15) is 78.1 Å². The smallest absolute Gasteiger partial charge is 0.305 e. The molecule has 0 aliphatic rings. The highest BCUT2D eigenvalue weighted by Crippen LogP contribution is 2.10. The third kappa shape index (κ3) is 45.0. The molecule has 0 aliphatic carbocycles. The number of hydrogen-bond acceptors (Lipinski definition) is 13. The molecule has 0 spiro atoms. The first-order chi connectivity index (χ1) is 24.3. The van der Waals surface area contributed by atoms with Crippen molar-refractivity contribution in [2.24, 2.45) is 0 Å². The fraction of sp³-hybridized carbons (Fsp3) is 0.972. The monoisotopic (exact) mass is 712 g/mol. The molecule has 13 nitrogen and oxygen atoms in total.